The van der Waals surface area contributed by atoms with Gasteiger partial charge in [-0.05, 0) is 82.9 Å². The predicted octanol–water partition coefficient (Wildman–Crippen LogP) is 13.4. The summed E-state index contributed by atoms with van der Waals surface area (Å²) in [5.74, 6) is 2.62. The zero-order valence-electron chi connectivity index (χ0n) is 33.6. The molecule has 0 fully saturated rings. The van der Waals surface area contributed by atoms with E-state index in [-0.39, 0.29) is 0 Å². The van der Waals surface area contributed by atoms with E-state index in [9.17, 15) is 0 Å². The third kappa shape index (κ3) is 5.66. The summed E-state index contributed by atoms with van der Waals surface area (Å²) in [6.07, 6.45) is 1.78. The first-order chi connectivity index (χ1) is 31.2. The molecule has 0 radical (unpaired) electrons. The first-order valence-electron chi connectivity index (χ1n) is 20.9. The highest BCUT2D eigenvalue weighted by molar-refractivity contribution is 6.12. The van der Waals surface area contributed by atoms with Crippen LogP contribution in [-0.4, -0.2) is 34.1 Å². The first kappa shape index (κ1) is 35.0. The van der Waals surface area contributed by atoms with E-state index in [1.165, 1.54) is 0 Å². The Bertz CT molecular complexity index is 3870. The first-order valence-corrected chi connectivity index (χ1v) is 20.9. The average molecular weight is 808 g/mol. The minimum absolute atomic E-state index is 0.567. The maximum atomic E-state index is 6.06. The van der Waals surface area contributed by atoms with Crippen molar-refractivity contribution in [1.82, 2.24) is 34.1 Å². The fourth-order valence-corrected chi connectivity index (χ4v) is 9.12. The van der Waals surface area contributed by atoms with E-state index in [1.807, 2.05) is 84.9 Å². The van der Waals surface area contributed by atoms with Crippen LogP contribution < -0.4 is 0 Å². The highest BCUT2D eigenvalue weighted by atomic mass is 16.3. The quantitative estimate of drug-likeness (QED) is 0.166. The molecule has 0 unspecified atom stereocenters. The van der Waals surface area contributed by atoms with Crippen molar-refractivity contribution in [2.75, 3.05) is 0 Å². The van der Waals surface area contributed by atoms with E-state index in [4.69, 9.17) is 24.4 Å². The van der Waals surface area contributed by atoms with Gasteiger partial charge in [-0.15, -0.1) is 0 Å². The number of rotatable bonds is 6. The van der Waals surface area contributed by atoms with Crippen LogP contribution >= 0.6 is 0 Å². The summed E-state index contributed by atoms with van der Waals surface area (Å²) >= 11 is 0. The lowest BCUT2D eigenvalue weighted by Gasteiger charge is -2.12. The Morgan fingerprint density at radius 2 is 0.905 bits per heavy atom. The predicted molar refractivity (Wildman–Crippen MR) is 253 cm³/mol. The van der Waals surface area contributed by atoms with Gasteiger partial charge in [0.05, 0.1) is 22.1 Å². The van der Waals surface area contributed by atoms with Gasteiger partial charge in [0.2, 0.25) is 5.95 Å². The van der Waals surface area contributed by atoms with Crippen molar-refractivity contribution in [3.63, 3.8) is 0 Å². The molecule has 8 heteroatoms. The topological polar surface area (TPSA) is 87.5 Å². The highest BCUT2D eigenvalue weighted by Crippen LogP contribution is 2.39. The largest absolute Gasteiger partial charge is 0.453 e. The van der Waals surface area contributed by atoms with Crippen LogP contribution in [0, 0.1) is 0 Å². The van der Waals surface area contributed by atoms with Crippen LogP contribution in [0.5, 0.6) is 0 Å². The number of furan rings is 1. The van der Waals surface area contributed by atoms with E-state index in [0.29, 0.717) is 17.6 Å². The van der Waals surface area contributed by atoms with Crippen molar-refractivity contribution in [3.8, 4) is 56.8 Å². The van der Waals surface area contributed by atoms with Crippen molar-refractivity contribution in [2.24, 2.45) is 0 Å². The molecule has 0 aliphatic rings. The maximum absolute atomic E-state index is 6.06. The summed E-state index contributed by atoms with van der Waals surface area (Å²) in [5.41, 5.74) is 13.5. The highest BCUT2D eigenvalue weighted by Gasteiger charge is 2.20. The van der Waals surface area contributed by atoms with Gasteiger partial charge in [0.15, 0.2) is 22.8 Å². The molecule has 0 saturated carbocycles. The molecule has 0 bridgehead atoms. The smallest absolute Gasteiger partial charge is 0.238 e. The molecule has 0 spiro atoms. The molecule has 6 heterocycles. The summed E-state index contributed by atoms with van der Waals surface area (Å²) in [5, 5.41) is 4.57. The van der Waals surface area contributed by atoms with Gasteiger partial charge in [-0.25, -0.2) is 9.97 Å². The van der Waals surface area contributed by atoms with E-state index >= 15 is 0 Å². The summed E-state index contributed by atoms with van der Waals surface area (Å²) in [6, 6.07) is 67.3. The lowest BCUT2D eigenvalue weighted by Crippen LogP contribution is -2.06. The van der Waals surface area contributed by atoms with Crippen LogP contribution in [0.1, 0.15) is 0 Å². The second-order valence-corrected chi connectivity index (χ2v) is 15.7. The van der Waals surface area contributed by atoms with Gasteiger partial charge < -0.3 is 4.42 Å². The molecule has 0 saturated heterocycles. The zero-order valence-corrected chi connectivity index (χ0v) is 33.6. The van der Waals surface area contributed by atoms with E-state index in [1.54, 1.807) is 6.20 Å². The molecule has 63 heavy (non-hydrogen) atoms. The van der Waals surface area contributed by atoms with E-state index in [0.717, 1.165) is 105 Å². The molecule has 0 aliphatic carbocycles. The molecule has 8 nitrogen and oxygen atoms in total. The number of para-hydroxylation sites is 2. The zero-order chi connectivity index (χ0) is 41.4. The summed E-state index contributed by atoms with van der Waals surface area (Å²) in [4.78, 5) is 25.0. The molecule has 0 aliphatic heterocycles. The van der Waals surface area contributed by atoms with Crippen LogP contribution in [0.25, 0.3) is 123 Å². The van der Waals surface area contributed by atoms with Gasteiger partial charge >= 0.3 is 0 Å². The van der Waals surface area contributed by atoms with Crippen molar-refractivity contribution in [3.05, 3.63) is 200 Å². The molecule has 13 aromatic rings. The van der Waals surface area contributed by atoms with Crippen LogP contribution in [-0.2, 0) is 0 Å². The second kappa shape index (κ2) is 13.9. The molecule has 0 N–H and O–H groups in total. The number of fused-ring (bicyclic) bond motifs is 9. The van der Waals surface area contributed by atoms with Gasteiger partial charge in [-0.1, -0.05) is 133 Å². The van der Waals surface area contributed by atoms with Gasteiger partial charge in [0, 0.05) is 38.9 Å². The lowest BCUT2D eigenvalue weighted by molar-refractivity contribution is 0.667. The summed E-state index contributed by atoms with van der Waals surface area (Å²) in [6.45, 7) is 0. The number of benzene rings is 7. The number of aromatic nitrogens is 7. The fraction of sp³-hybridized carbons (Fsp3) is 0. The molecule has 6 aromatic heterocycles. The Labute approximate surface area is 360 Å². The second-order valence-electron chi connectivity index (χ2n) is 15.7. The van der Waals surface area contributed by atoms with Gasteiger partial charge in [0.1, 0.15) is 16.9 Å². The number of pyridine rings is 2. The molecule has 7 aromatic carbocycles. The number of nitrogens with zero attached hydrogens (tertiary/aromatic N) is 7. The molecule has 0 amide bonds. The molecule has 0 atom stereocenters. The standard InChI is InChI=1S/C55H33N7O/c1-3-13-34(14-4-1)53-58-54(35-15-5-2-6-16-35)60-55(59-53)62-45-22-10-7-19-40(45)42-26-24-39(33-47(42)62)37-18-11-17-36(31-37)38-25-27-46-43(32-38)41-20-8-9-21-44(41)61(46)50-29-28-49-52(57-50)51-48(63-49)23-12-30-56-51/h1-33H. The maximum Gasteiger partial charge on any atom is 0.238 e. The Hall–Kier alpha value is -8.75. The Morgan fingerprint density at radius 3 is 1.65 bits per heavy atom. The number of hydrogen-bond acceptors (Lipinski definition) is 6. The Kier molecular flexibility index (Phi) is 7.74. The molecule has 13 rings (SSSR count). The third-order valence-electron chi connectivity index (χ3n) is 12.1. The van der Waals surface area contributed by atoms with Crippen molar-refractivity contribution >= 4 is 65.8 Å². The van der Waals surface area contributed by atoms with Crippen LogP contribution in [0.2, 0.25) is 0 Å². The van der Waals surface area contributed by atoms with Crippen LogP contribution in [0.4, 0.5) is 0 Å². The van der Waals surface area contributed by atoms with E-state index < -0.39 is 0 Å². The SMILES string of the molecule is c1ccc(-c2nc(-c3ccccc3)nc(-n3c4ccccc4c4ccc(-c5cccc(-c6ccc7c(c6)c6ccccc6n7-c6ccc7oc8cccnc8c7n6)c5)cc43)n2)cc1. The summed E-state index contributed by atoms with van der Waals surface area (Å²) in [7, 11) is 0. The average Bonchev–Trinajstić information content (AvgIpc) is 4.01. The van der Waals surface area contributed by atoms with Gasteiger partial charge in [0.25, 0.3) is 0 Å². The monoisotopic (exact) mass is 807 g/mol. The van der Waals surface area contributed by atoms with Gasteiger partial charge in [-0.2, -0.15) is 9.97 Å². The molecule has 294 valence electrons. The Balaban J connectivity index is 0.942. The Morgan fingerprint density at radius 1 is 0.333 bits per heavy atom. The minimum atomic E-state index is 0.567. The van der Waals surface area contributed by atoms with Gasteiger partial charge in [-0.3, -0.25) is 14.1 Å². The van der Waals surface area contributed by atoms with Crippen molar-refractivity contribution < 1.29 is 4.42 Å². The molecular weight excluding hydrogens is 775 g/mol. The van der Waals surface area contributed by atoms with Crippen LogP contribution in [0.15, 0.2) is 205 Å². The van der Waals surface area contributed by atoms with E-state index in [2.05, 4.69) is 123 Å². The fourth-order valence-electron chi connectivity index (χ4n) is 9.12. The third-order valence-corrected chi connectivity index (χ3v) is 12.1. The molecular formula is C55H33N7O. The van der Waals surface area contributed by atoms with Crippen LogP contribution in [0.3, 0.4) is 0 Å². The lowest BCUT2D eigenvalue weighted by atomic mass is 9.97. The summed E-state index contributed by atoms with van der Waals surface area (Å²) < 4.78 is 10.5. The van der Waals surface area contributed by atoms with Crippen molar-refractivity contribution in [2.45, 2.75) is 0 Å². The minimum Gasteiger partial charge on any atom is -0.453 e. The van der Waals surface area contributed by atoms with Crippen molar-refractivity contribution in [1.29, 1.82) is 0 Å². The number of hydrogen-bond donors (Lipinski definition) is 0. The normalized spacial score (nSPS) is 11.8.